The molecule has 2 saturated heterocycles. The molecule has 0 aromatic heterocycles. The zero-order chi connectivity index (χ0) is 19.1. The molecule has 2 fully saturated rings. The summed E-state index contributed by atoms with van der Waals surface area (Å²) in [6, 6.07) is 4.25. The Kier molecular flexibility index (Phi) is 4.47. The van der Waals surface area contributed by atoms with Crippen molar-refractivity contribution in [2.24, 2.45) is 5.92 Å². The van der Waals surface area contributed by atoms with E-state index in [0.29, 0.717) is 30.7 Å². The highest BCUT2D eigenvalue weighted by atomic mass is 16.6. The zero-order valence-electron chi connectivity index (χ0n) is 15.0. The van der Waals surface area contributed by atoms with Gasteiger partial charge in [-0.1, -0.05) is 0 Å². The highest BCUT2D eigenvalue weighted by molar-refractivity contribution is 5.97. The average Bonchev–Trinajstić information content (AvgIpc) is 2.83. The Hall–Kier alpha value is -2.48. The molecule has 1 amide bonds. The van der Waals surface area contributed by atoms with Crippen molar-refractivity contribution in [3.05, 3.63) is 33.9 Å². The molecule has 2 aliphatic heterocycles. The molecular formula is C18H22N2O6. The van der Waals surface area contributed by atoms with Crippen LogP contribution in [0, 0.1) is 23.0 Å². The molecule has 0 bridgehead atoms. The highest BCUT2D eigenvalue weighted by Gasteiger charge is 2.56. The number of carbonyl (C=O) groups is 2. The molecule has 2 aliphatic rings. The lowest BCUT2D eigenvalue weighted by atomic mass is 9.75. The van der Waals surface area contributed by atoms with Crippen molar-refractivity contribution in [2.75, 3.05) is 11.9 Å². The average molecular weight is 362 g/mol. The number of hydrogen-bond acceptors (Lipinski definition) is 6. The molecule has 8 heteroatoms. The normalized spacial score (nSPS) is 27.2. The minimum atomic E-state index is -0.863. The number of hydrogen-bond donors (Lipinski definition) is 1. The van der Waals surface area contributed by atoms with Gasteiger partial charge in [-0.25, -0.2) is 0 Å². The van der Waals surface area contributed by atoms with Crippen LogP contribution in [0.5, 0.6) is 0 Å². The van der Waals surface area contributed by atoms with Crippen LogP contribution in [-0.2, 0) is 19.1 Å². The Bertz CT molecular complexity index is 775. The third-order valence-electron chi connectivity index (χ3n) is 5.06. The molecule has 26 heavy (non-hydrogen) atoms. The predicted molar refractivity (Wildman–Crippen MR) is 92.7 cm³/mol. The second kappa shape index (κ2) is 6.35. The van der Waals surface area contributed by atoms with Gasteiger partial charge in [0.1, 0.15) is 5.60 Å². The van der Waals surface area contributed by atoms with E-state index in [1.54, 1.807) is 6.92 Å². The summed E-state index contributed by atoms with van der Waals surface area (Å²) in [6.45, 7) is 5.93. The minimum absolute atomic E-state index is 0.0218. The first-order valence-corrected chi connectivity index (χ1v) is 8.54. The lowest BCUT2D eigenvalue weighted by molar-refractivity contribution is -0.384. The van der Waals surface area contributed by atoms with E-state index in [2.05, 4.69) is 5.32 Å². The van der Waals surface area contributed by atoms with Crippen molar-refractivity contribution < 1.29 is 24.0 Å². The number of non-ortho nitro benzene ring substituents is 1. The first-order chi connectivity index (χ1) is 12.1. The Morgan fingerprint density at radius 1 is 1.38 bits per heavy atom. The van der Waals surface area contributed by atoms with Gasteiger partial charge in [0.25, 0.3) is 5.69 Å². The number of anilines is 1. The molecule has 140 valence electrons. The number of rotatable bonds is 3. The maximum absolute atomic E-state index is 12.9. The van der Waals surface area contributed by atoms with Crippen molar-refractivity contribution in [2.45, 2.75) is 51.2 Å². The van der Waals surface area contributed by atoms with Crippen LogP contribution in [0.3, 0.4) is 0 Å². The van der Waals surface area contributed by atoms with Crippen molar-refractivity contribution in [3.8, 4) is 0 Å². The summed E-state index contributed by atoms with van der Waals surface area (Å²) in [7, 11) is 0. The fourth-order valence-corrected chi connectivity index (χ4v) is 3.89. The van der Waals surface area contributed by atoms with Crippen LogP contribution in [-0.4, -0.2) is 34.6 Å². The van der Waals surface area contributed by atoms with Crippen molar-refractivity contribution in [1.29, 1.82) is 0 Å². The first-order valence-electron chi connectivity index (χ1n) is 8.54. The molecular weight excluding hydrogens is 340 g/mol. The predicted octanol–water partition coefficient (Wildman–Crippen LogP) is 2.73. The third-order valence-corrected chi connectivity index (χ3v) is 5.06. The quantitative estimate of drug-likeness (QED) is 0.503. The largest absolute Gasteiger partial charge is 0.458 e. The third kappa shape index (κ3) is 3.41. The van der Waals surface area contributed by atoms with Crippen LogP contribution in [0.25, 0.3) is 0 Å². The van der Waals surface area contributed by atoms with Crippen molar-refractivity contribution in [3.63, 3.8) is 0 Å². The van der Waals surface area contributed by atoms with Crippen LogP contribution < -0.4 is 5.32 Å². The van der Waals surface area contributed by atoms with E-state index in [1.807, 2.05) is 13.8 Å². The van der Waals surface area contributed by atoms with Crippen LogP contribution >= 0.6 is 0 Å². The molecule has 0 aliphatic carbocycles. The molecule has 1 N–H and O–H groups in total. The molecule has 0 saturated carbocycles. The van der Waals surface area contributed by atoms with E-state index in [-0.39, 0.29) is 24.0 Å². The van der Waals surface area contributed by atoms with Gasteiger partial charge in [0.2, 0.25) is 5.91 Å². The summed E-state index contributed by atoms with van der Waals surface area (Å²) in [5, 5.41) is 13.7. The SMILES string of the molecule is Cc1cc([N+](=O)[O-])ccc1NC(=O)[C@@H]1CC(=O)O[C@@]12CCOC(C)(C)C2. The smallest absolute Gasteiger partial charge is 0.307 e. The first kappa shape index (κ1) is 18.3. The van der Waals surface area contributed by atoms with E-state index >= 15 is 0 Å². The molecule has 2 heterocycles. The monoisotopic (exact) mass is 362 g/mol. The molecule has 2 atom stereocenters. The van der Waals surface area contributed by atoms with Gasteiger partial charge >= 0.3 is 5.97 Å². The van der Waals surface area contributed by atoms with Crippen molar-refractivity contribution >= 4 is 23.3 Å². The van der Waals surface area contributed by atoms with Gasteiger partial charge < -0.3 is 14.8 Å². The Morgan fingerprint density at radius 2 is 2.12 bits per heavy atom. The molecule has 1 spiro atoms. The number of amides is 1. The molecule has 3 rings (SSSR count). The number of nitro benzene ring substituents is 1. The van der Waals surface area contributed by atoms with E-state index in [1.165, 1.54) is 18.2 Å². The summed E-state index contributed by atoms with van der Waals surface area (Å²) >= 11 is 0. The second-order valence-electron chi connectivity index (χ2n) is 7.58. The van der Waals surface area contributed by atoms with E-state index in [0.717, 1.165) is 0 Å². The fraction of sp³-hybridized carbons (Fsp3) is 0.556. The van der Waals surface area contributed by atoms with E-state index in [4.69, 9.17) is 9.47 Å². The number of nitro groups is 1. The summed E-state index contributed by atoms with van der Waals surface area (Å²) in [4.78, 5) is 35.2. The molecule has 0 radical (unpaired) electrons. The summed E-state index contributed by atoms with van der Waals surface area (Å²) in [5.41, 5.74) is -0.314. The Balaban J connectivity index is 1.82. The number of nitrogens with zero attached hydrogens (tertiary/aromatic N) is 1. The number of benzene rings is 1. The highest BCUT2D eigenvalue weighted by Crippen LogP contribution is 2.46. The van der Waals surface area contributed by atoms with Gasteiger partial charge in [0.05, 0.1) is 29.5 Å². The number of ether oxygens (including phenoxy) is 2. The fourth-order valence-electron chi connectivity index (χ4n) is 3.89. The minimum Gasteiger partial charge on any atom is -0.458 e. The molecule has 0 unspecified atom stereocenters. The second-order valence-corrected chi connectivity index (χ2v) is 7.58. The molecule has 8 nitrogen and oxygen atoms in total. The topological polar surface area (TPSA) is 108 Å². The van der Waals surface area contributed by atoms with Crippen LogP contribution in [0.2, 0.25) is 0 Å². The van der Waals surface area contributed by atoms with Crippen LogP contribution in [0.4, 0.5) is 11.4 Å². The van der Waals surface area contributed by atoms with Gasteiger partial charge in [0.15, 0.2) is 0 Å². The zero-order valence-corrected chi connectivity index (χ0v) is 15.0. The van der Waals surface area contributed by atoms with Gasteiger partial charge in [-0.05, 0) is 32.4 Å². The summed E-state index contributed by atoms with van der Waals surface area (Å²) < 4.78 is 11.3. The van der Waals surface area contributed by atoms with E-state index in [9.17, 15) is 19.7 Å². The van der Waals surface area contributed by atoms with Crippen molar-refractivity contribution in [1.82, 2.24) is 0 Å². The summed E-state index contributed by atoms with van der Waals surface area (Å²) in [5.74, 6) is -1.32. The molecule has 1 aromatic carbocycles. The number of esters is 1. The van der Waals surface area contributed by atoms with Gasteiger partial charge in [-0.3, -0.25) is 19.7 Å². The standard InChI is InChI=1S/C18H22N2O6/c1-11-8-12(20(23)24)4-5-14(11)19-16(22)13-9-15(21)26-18(13)6-7-25-17(2,3)10-18/h4-5,8,13H,6-7,9-10H2,1-3H3,(H,19,22)/t13-,18+/m0/s1. The maximum atomic E-state index is 12.9. The van der Waals surface area contributed by atoms with Crippen LogP contribution in [0.1, 0.15) is 38.7 Å². The lowest BCUT2D eigenvalue weighted by Crippen LogP contribution is -2.52. The number of nitrogens with one attached hydrogen (secondary N) is 1. The van der Waals surface area contributed by atoms with Crippen LogP contribution in [0.15, 0.2) is 18.2 Å². The van der Waals surface area contributed by atoms with Gasteiger partial charge in [-0.15, -0.1) is 0 Å². The maximum Gasteiger partial charge on any atom is 0.307 e. The summed E-state index contributed by atoms with van der Waals surface area (Å²) in [6.07, 6.45) is 0.941. The van der Waals surface area contributed by atoms with E-state index < -0.39 is 22.0 Å². The Morgan fingerprint density at radius 3 is 2.73 bits per heavy atom. The van der Waals surface area contributed by atoms with Gasteiger partial charge in [0, 0.05) is 30.7 Å². The van der Waals surface area contributed by atoms with Gasteiger partial charge in [-0.2, -0.15) is 0 Å². The Labute approximate surface area is 151 Å². The number of carbonyl (C=O) groups excluding carboxylic acids is 2. The lowest BCUT2D eigenvalue weighted by Gasteiger charge is -2.43. The number of aryl methyl sites for hydroxylation is 1. The molecule has 1 aromatic rings.